The summed E-state index contributed by atoms with van der Waals surface area (Å²) in [7, 11) is 0. The van der Waals surface area contributed by atoms with Gasteiger partial charge in [0, 0.05) is 22.5 Å². The fraction of sp³-hybridized carbons (Fsp3) is 0.133. The third-order valence-electron chi connectivity index (χ3n) is 2.78. The summed E-state index contributed by atoms with van der Waals surface area (Å²) in [6, 6.07) is 8.40. The van der Waals surface area contributed by atoms with E-state index >= 15 is 0 Å². The van der Waals surface area contributed by atoms with Gasteiger partial charge in [-0.2, -0.15) is 0 Å². The number of carbonyl (C=O) groups is 3. The SMILES string of the molecule is CCNC(=O)Nc1sc(-c2ccc(C=O)cc2)cc1C=O. The molecule has 0 aliphatic carbocycles. The zero-order valence-corrected chi connectivity index (χ0v) is 12.2. The van der Waals surface area contributed by atoms with E-state index in [1.165, 1.54) is 11.3 Å². The van der Waals surface area contributed by atoms with Crippen LogP contribution in [0.15, 0.2) is 30.3 Å². The molecule has 0 radical (unpaired) electrons. The molecule has 2 amide bonds. The van der Waals surface area contributed by atoms with Gasteiger partial charge in [0.1, 0.15) is 11.3 Å². The van der Waals surface area contributed by atoms with Crippen molar-refractivity contribution in [2.75, 3.05) is 11.9 Å². The number of thiophene rings is 1. The van der Waals surface area contributed by atoms with Gasteiger partial charge in [0.15, 0.2) is 6.29 Å². The van der Waals surface area contributed by atoms with Gasteiger partial charge >= 0.3 is 6.03 Å². The molecule has 0 saturated heterocycles. The first-order valence-electron chi connectivity index (χ1n) is 6.37. The number of hydrogen-bond acceptors (Lipinski definition) is 4. The standard InChI is InChI=1S/C15H14N2O3S/c1-2-16-15(20)17-14-12(9-19)7-13(21-14)11-5-3-10(8-18)4-6-11/h3-9H,2H2,1H3,(H2,16,17,20). The summed E-state index contributed by atoms with van der Waals surface area (Å²) < 4.78 is 0. The Balaban J connectivity index is 2.28. The maximum atomic E-state index is 11.5. The van der Waals surface area contributed by atoms with E-state index in [4.69, 9.17) is 0 Å². The molecular weight excluding hydrogens is 288 g/mol. The van der Waals surface area contributed by atoms with Crippen molar-refractivity contribution < 1.29 is 14.4 Å². The largest absolute Gasteiger partial charge is 0.338 e. The van der Waals surface area contributed by atoms with Crippen molar-refractivity contribution in [3.05, 3.63) is 41.5 Å². The molecule has 0 aliphatic heterocycles. The number of aldehydes is 2. The first-order chi connectivity index (χ1) is 10.2. The highest BCUT2D eigenvalue weighted by Gasteiger charge is 2.12. The summed E-state index contributed by atoms with van der Waals surface area (Å²) in [6.07, 6.45) is 1.48. The van der Waals surface area contributed by atoms with E-state index in [1.54, 1.807) is 30.3 Å². The second kappa shape index (κ2) is 6.81. The zero-order chi connectivity index (χ0) is 15.2. The predicted molar refractivity (Wildman–Crippen MR) is 83.2 cm³/mol. The summed E-state index contributed by atoms with van der Waals surface area (Å²) in [4.78, 5) is 34.1. The molecule has 2 N–H and O–H groups in total. The topological polar surface area (TPSA) is 75.3 Å². The average molecular weight is 302 g/mol. The van der Waals surface area contributed by atoms with Gasteiger partial charge in [-0.15, -0.1) is 11.3 Å². The Bertz CT molecular complexity index is 662. The molecule has 21 heavy (non-hydrogen) atoms. The summed E-state index contributed by atoms with van der Waals surface area (Å²) in [6.45, 7) is 2.32. The molecule has 0 bridgehead atoms. The van der Waals surface area contributed by atoms with Crippen LogP contribution in [0.25, 0.3) is 10.4 Å². The van der Waals surface area contributed by atoms with E-state index in [2.05, 4.69) is 10.6 Å². The summed E-state index contributed by atoms with van der Waals surface area (Å²) >= 11 is 1.31. The van der Waals surface area contributed by atoms with E-state index in [0.29, 0.717) is 29.0 Å². The highest BCUT2D eigenvalue weighted by molar-refractivity contribution is 7.20. The fourth-order valence-electron chi connectivity index (χ4n) is 1.77. The summed E-state index contributed by atoms with van der Waals surface area (Å²) in [5.74, 6) is 0. The Morgan fingerprint density at radius 2 is 1.90 bits per heavy atom. The van der Waals surface area contributed by atoms with E-state index < -0.39 is 0 Å². The molecule has 1 heterocycles. The van der Waals surface area contributed by atoms with Crippen LogP contribution in [0.5, 0.6) is 0 Å². The number of rotatable bonds is 5. The van der Waals surface area contributed by atoms with Crippen LogP contribution < -0.4 is 10.6 Å². The van der Waals surface area contributed by atoms with Crippen molar-refractivity contribution in [1.82, 2.24) is 5.32 Å². The fourth-order valence-corrected chi connectivity index (χ4v) is 2.79. The molecule has 5 nitrogen and oxygen atoms in total. The molecule has 0 fully saturated rings. The number of urea groups is 1. The Hall–Kier alpha value is -2.47. The van der Waals surface area contributed by atoms with Gasteiger partial charge in [0.25, 0.3) is 0 Å². The number of carbonyl (C=O) groups excluding carboxylic acids is 3. The lowest BCUT2D eigenvalue weighted by atomic mass is 10.1. The van der Waals surface area contributed by atoms with Crippen LogP contribution >= 0.6 is 11.3 Å². The number of nitrogens with one attached hydrogen (secondary N) is 2. The van der Waals surface area contributed by atoms with Crippen molar-refractivity contribution in [2.24, 2.45) is 0 Å². The Kier molecular flexibility index (Phi) is 4.84. The summed E-state index contributed by atoms with van der Waals surface area (Å²) in [5.41, 5.74) is 1.91. The zero-order valence-electron chi connectivity index (χ0n) is 11.4. The van der Waals surface area contributed by atoms with E-state index in [1.807, 2.05) is 6.92 Å². The molecule has 1 aromatic carbocycles. The van der Waals surface area contributed by atoms with Gasteiger partial charge in [-0.05, 0) is 18.6 Å². The third-order valence-corrected chi connectivity index (χ3v) is 3.90. The summed E-state index contributed by atoms with van der Waals surface area (Å²) in [5, 5.41) is 5.77. The van der Waals surface area contributed by atoms with Crippen LogP contribution in [-0.4, -0.2) is 25.1 Å². The molecule has 0 aliphatic rings. The van der Waals surface area contributed by atoms with Gasteiger partial charge in [-0.3, -0.25) is 14.9 Å². The molecule has 1 aromatic heterocycles. The Morgan fingerprint density at radius 3 is 2.48 bits per heavy atom. The van der Waals surface area contributed by atoms with Crippen LogP contribution in [-0.2, 0) is 0 Å². The number of benzene rings is 1. The molecule has 108 valence electrons. The molecule has 0 spiro atoms. The van der Waals surface area contributed by atoms with Crippen molar-refractivity contribution in [2.45, 2.75) is 6.92 Å². The quantitative estimate of drug-likeness (QED) is 0.833. The lowest BCUT2D eigenvalue weighted by molar-refractivity contribution is 0.111. The first kappa shape index (κ1) is 14.9. The van der Waals surface area contributed by atoms with Gasteiger partial charge in [0.05, 0.1) is 0 Å². The molecule has 2 rings (SSSR count). The Morgan fingerprint density at radius 1 is 1.19 bits per heavy atom. The molecular formula is C15H14N2O3S. The minimum absolute atomic E-state index is 0.342. The normalized spacial score (nSPS) is 9.95. The molecule has 6 heteroatoms. The van der Waals surface area contributed by atoms with Crippen LogP contribution in [0.3, 0.4) is 0 Å². The highest BCUT2D eigenvalue weighted by atomic mass is 32.1. The van der Waals surface area contributed by atoms with Crippen LogP contribution in [0, 0.1) is 0 Å². The maximum absolute atomic E-state index is 11.5. The van der Waals surface area contributed by atoms with E-state index in [9.17, 15) is 14.4 Å². The lowest BCUT2D eigenvalue weighted by Crippen LogP contribution is -2.28. The van der Waals surface area contributed by atoms with Gasteiger partial charge in [-0.25, -0.2) is 4.79 Å². The van der Waals surface area contributed by atoms with E-state index in [-0.39, 0.29) is 6.03 Å². The van der Waals surface area contributed by atoms with Gasteiger partial charge in [-0.1, -0.05) is 24.3 Å². The van der Waals surface area contributed by atoms with Crippen molar-refractivity contribution in [3.8, 4) is 10.4 Å². The van der Waals surface area contributed by atoms with Crippen molar-refractivity contribution >= 4 is 34.9 Å². The van der Waals surface area contributed by atoms with Gasteiger partial charge in [0.2, 0.25) is 0 Å². The van der Waals surface area contributed by atoms with Gasteiger partial charge < -0.3 is 5.32 Å². The van der Waals surface area contributed by atoms with Crippen molar-refractivity contribution in [3.63, 3.8) is 0 Å². The third kappa shape index (κ3) is 3.55. The smallest absolute Gasteiger partial charge is 0.319 e. The lowest BCUT2D eigenvalue weighted by Gasteiger charge is -2.03. The highest BCUT2D eigenvalue weighted by Crippen LogP contribution is 2.34. The Labute approximate surface area is 126 Å². The second-order valence-electron chi connectivity index (χ2n) is 4.24. The first-order valence-corrected chi connectivity index (χ1v) is 7.19. The molecule has 0 atom stereocenters. The van der Waals surface area contributed by atoms with E-state index in [0.717, 1.165) is 16.7 Å². The van der Waals surface area contributed by atoms with Crippen LogP contribution in [0.2, 0.25) is 0 Å². The average Bonchev–Trinajstić information content (AvgIpc) is 2.90. The van der Waals surface area contributed by atoms with Crippen LogP contribution in [0.1, 0.15) is 27.6 Å². The maximum Gasteiger partial charge on any atom is 0.319 e. The number of anilines is 1. The van der Waals surface area contributed by atoms with Crippen molar-refractivity contribution in [1.29, 1.82) is 0 Å². The second-order valence-corrected chi connectivity index (χ2v) is 5.29. The monoisotopic (exact) mass is 302 g/mol. The molecule has 0 unspecified atom stereocenters. The minimum atomic E-state index is -0.342. The molecule has 2 aromatic rings. The number of hydrogen-bond donors (Lipinski definition) is 2. The molecule has 0 saturated carbocycles. The number of amides is 2. The minimum Gasteiger partial charge on any atom is -0.338 e. The predicted octanol–water partition coefficient (Wildman–Crippen LogP) is 3.18. The van der Waals surface area contributed by atoms with Crippen LogP contribution in [0.4, 0.5) is 9.80 Å².